The van der Waals surface area contributed by atoms with Crippen molar-refractivity contribution in [3.8, 4) is 0 Å². The summed E-state index contributed by atoms with van der Waals surface area (Å²) in [6.07, 6.45) is 7.37. The largest absolute Gasteiger partial charge is 0.366 e. The van der Waals surface area contributed by atoms with Gasteiger partial charge in [0.2, 0.25) is 0 Å². The molecule has 1 aromatic heterocycles. The molecule has 0 amide bonds. The molecule has 0 bridgehead atoms. The lowest BCUT2D eigenvalue weighted by atomic mass is 9.86. The zero-order valence-corrected chi connectivity index (χ0v) is 9.03. The summed E-state index contributed by atoms with van der Waals surface area (Å²) in [5.41, 5.74) is 0. The number of aryl methyl sites for hydroxylation is 1. The minimum Gasteiger partial charge on any atom is -0.366 e. The molecular formula is C11H19N3. The first kappa shape index (κ1) is 9.56. The van der Waals surface area contributed by atoms with Gasteiger partial charge < -0.3 is 5.32 Å². The second-order valence-electron chi connectivity index (χ2n) is 4.39. The molecule has 1 heterocycles. The van der Waals surface area contributed by atoms with E-state index >= 15 is 0 Å². The van der Waals surface area contributed by atoms with E-state index in [1.807, 2.05) is 24.0 Å². The molecule has 0 aliphatic heterocycles. The molecular weight excluding hydrogens is 174 g/mol. The van der Waals surface area contributed by atoms with Gasteiger partial charge in [-0.2, -0.15) is 5.10 Å². The molecule has 1 aliphatic rings. The summed E-state index contributed by atoms with van der Waals surface area (Å²) in [4.78, 5) is 0. The topological polar surface area (TPSA) is 29.9 Å². The van der Waals surface area contributed by atoms with Crippen LogP contribution in [-0.2, 0) is 7.05 Å². The fraction of sp³-hybridized carbons (Fsp3) is 0.727. The van der Waals surface area contributed by atoms with E-state index in [4.69, 9.17) is 0 Å². The molecule has 3 nitrogen and oxygen atoms in total. The van der Waals surface area contributed by atoms with Gasteiger partial charge in [0, 0.05) is 25.4 Å². The van der Waals surface area contributed by atoms with Crippen LogP contribution in [0.5, 0.6) is 0 Å². The molecule has 1 aromatic rings. The van der Waals surface area contributed by atoms with Gasteiger partial charge in [-0.3, -0.25) is 4.68 Å². The fourth-order valence-corrected chi connectivity index (χ4v) is 2.21. The molecule has 2 rings (SSSR count). The molecule has 3 heteroatoms. The van der Waals surface area contributed by atoms with Gasteiger partial charge in [-0.05, 0) is 18.8 Å². The van der Waals surface area contributed by atoms with Crippen molar-refractivity contribution in [2.24, 2.45) is 13.0 Å². The van der Waals surface area contributed by atoms with E-state index in [9.17, 15) is 0 Å². The third-order valence-electron chi connectivity index (χ3n) is 3.16. The van der Waals surface area contributed by atoms with E-state index in [1.54, 1.807) is 0 Å². The maximum Gasteiger partial charge on any atom is 0.148 e. The number of nitrogens with one attached hydrogen (secondary N) is 1. The molecule has 2 atom stereocenters. The standard InChI is InChI=1S/C11H19N3/c1-9-5-3-4-6-10(9)12-11-7-8-14(2)13-11/h7-10H,3-6H2,1-2H3,(H,12,13)/t9-,10-/m1/s1. The van der Waals surface area contributed by atoms with Crippen molar-refractivity contribution in [1.29, 1.82) is 0 Å². The highest BCUT2D eigenvalue weighted by molar-refractivity contribution is 5.33. The summed E-state index contributed by atoms with van der Waals surface area (Å²) in [7, 11) is 1.95. The lowest BCUT2D eigenvalue weighted by Crippen LogP contribution is -2.30. The van der Waals surface area contributed by atoms with Gasteiger partial charge in [0.05, 0.1) is 0 Å². The number of rotatable bonds is 2. The van der Waals surface area contributed by atoms with E-state index in [-0.39, 0.29) is 0 Å². The second-order valence-corrected chi connectivity index (χ2v) is 4.39. The van der Waals surface area contributed by atoms with Crippen molar-refractivity contribution in [1.82, 2.24) is 9.78 Å². The van der Waals surface area contributed by atoms with Crippen molar-refractivity contribution < 1.29 is 0 Å². The van der Waals surface area contributed by atoms with E-state index in [0.29, 0.717) is 6.04 Å². The molecule has 1 aliphatic carbocycles. The van der Waals surface area contributed by atoms with Crippen LogP contribution in [0.4, 0.5) is 5.82 Å². The summed E-state index contributed by atoms with van der Waals surface area (Å²) in [5, 5.41) is 7.86. The number of nitrogens with zero attached hydrogens (tertiary/aromatic N) is 2. The third kappa shape index (κ3) is 2.08. The van der Waals surface area contributed by atoms with Crippen LogP contribution in [0.15, 0.2) is 12.3 Å². The number of hydrogen-bond acceptors (Lipinski definition) is 2. The molecule has 0 unspecified atom stereocenters. The summed E-state index contributed by atoms with van der Waals surface area (Å²) in [6, 6.07) is 2.67. The zero-order chi connectivity index (χ0) is 9.97. The Labute approximate surface area is 85.5 Å². The smallest absolute Gasteiger partial charge is 0.148 e. The van der Waals surface area contributed by atoms with Crippen molar-refractivity contribution in [2.45, 2.75) is 38.6 Å². The number of hydrogen-bond donors (Lipinski definition) is 1. The van der Waals surface area contributed by atoms with E-state index in [1.165, 1.54) is 25.7 Å². The summed E-state index contributed by atoms with van der Waals surface area (Å²) >= 11 is 0. The van der Waals surface area contributed by atoms with Crippen molar-refractivity contribution in [3.63, 3.8) is 0 Å². The Kier molecular flexibility index (Phi) is 2.75. The molecule has 0 aromatic carbocycles. The molecule has 78 valence electrons. The van der Waals surface area contributed by atoms with E-state index in [0.717, 1.165) is 11.7 Å². The molecule has 0 saturated heterocycles. The number of aromatic nitrogens is 2. The van der Waals surface area contributed by atoms with Gasteiger partial charge in [-0.25, -0.2) is 0 Å². The summed E-state index contributed by atoms with van der Waals surface area (Å²) in [6.45, 7) is 2.33. The Morgan fingerprint density at radius 2 is 2.21 bits per heavy atom. The van der Waals surface area contributed by atoms with E-state index < -0.39 is 0 Å². The number of anilines is 1. The van der Waals surface area contributed by atoms with E-state index in [2.05, 4.69) is 17.3 Å². The second kappa shape index (κ2) is 4.03. The minimum absolute atomic E-state index is 0.624. The Balaban J connectivity index is 1.95. The van der Waals surface area contributed by atoms with Gasteiger partial charge in [0.1, 0.15) is 5.82 Å². The fourth-order valence-electron chi connectivity index (χ4n) is 2.21. The van der Waals surface area contributed by atoms with Gasteiger partial charge in [0.25, 0.3) is 0 Å². The van der Waals surface area contributed by atoms with Gasteiger partial charge in [-0.1, -0.05) is 19.8 Å². The first-order chi connectivity index (χ1) is 6.75. The highest BCUT2D eigenvalue weighted by Crippen LogP contribution is 2.26. The monoisotopic (exact) mass is 193 g/mol. The highest BCUT2D eigenvalue weighted by Gasteiger charge is 2.21. The van der Waals surface area contributed by atoms with Crippen LogP contribution in [0.3, 0.4) is 0 Å². The van der Waals surface area contributed by atoms with Crippen LogP contribution in [0.25, 0.3) is 0 Å². The molecule has 0 radical (unpaired) electrons. The Bertz CT molecular complexity index is 292. The maximum absolute atomic E-state index is 4.34. The van der Waals surface area contributed by atoms with Crippen LogP contribution >= 0.6 is 0 Å². The molecule has 1 N–H and O–H groups in total. The highest BCUT2D eigenvalue weighted by atomic mass is 15.3. The van der Waals surface area contributed by atoms with Crippen LogP contribution in [-0.4, -0.2) is 15.8 Å². The van der Waals surface area contributed by atoms with Crippen LogP contribution < -0.4 is 5.32 Å². The Hall–Kier alpha value is -0.990. The maximum atomic E-state index is 4.34. The van der Waals surface area contributed by atoms with Crippen molar-refractivity contribution in [3.05, 3.63) is 12.3 Å². The minimum atomic E-state index is 0.624. The molecule has 1 fully saturated rings. The molecule has 1 saturated carbocycles. The average molecular weight is 193 g/mol. The lowest BCUT2D eigenvalue weighted by Gasteiger charge is -2.29. The average Bonchev–Trinajstić information content (AvgIpc) is 2.56. The lowest BCUT2D eigenvalue weighted by molar-refractivity contribution is 0.349. The summed E-state index contributed by atoms with van der Waals surface area (Å²) in [5.74, 6) is 1.80. The zero-order valence-electron chi connectivity index (χ0n) is 9.03. The molecule has 0 spiro atoms. The normalized spacial score (nSPS) is 27.6. The van der Waals surface area contributed by atoms with Crippen molar-refractivity contribution >= 4 is 5.82 Å². The predicted molar refractivity (Wildman–Crippen MR) is 58.3 cm³/mol. The van der Waals surface area contributed by atoms with Crippen LogP contribution in [0.1, 0.15) is 32.6 Å². The quantitative estimate of drug-likeness (QED) is 0.781. The Morgan fingerprint density at radius 1 is 1.43 bits per heavy atom. The first-order valence-corrected chi connectivity index (χ1v) is 5.52. The molecule has 14 heavy (non-hydrogen) atoms. The van der Waals surface area contributed by atoms with Crippen molar-refractivity contribution in [2.75, 3.05) is 5.32 Å². The Morgan fingerprint density at radius 3 is 2.86 bits per heavy atom. The van der Waals surface area contributed by atoms with Gasteiger partial charge in [0.15, 0.2) is 0 Å². The third-order valence-corrected chi connectivity index (χ3v) is 3.16. The van der Waals surface area contributed by atoms with Gasteiger partial charge >= 0.3 is 0 Å². The van der Waals surface area contributed by atoms with Crippen LogP contribution in [0, 0.1) is 5.92 Å². The predicted octanol–water partition coefficient (Wildman–Crippen LogP) is 2.41. The van der Waals surface area contributed by atoms with Crippen LogP contribution in [0.2, 0.25) is 0 Å². The SMILES string of the molecule is C[C@@H]1CCCC[C@H]1Nc1ccn(C)n1. The summed E-state index contributed by atoms with van der Waals surface area (Å²) < 4.78 is 1.84. The van der Waals surface area contributed by atoms with Gasteiger partial charge in [-0.15, -0.1) is 0 Å². The first-order valence-electron chi connectivity index (χ1n) is 5.52.